The monoisotopic (exact) mass is 174 g/mol. The Balaban J connectivity index is 2.64. The molecule has 0 aliphatic carbocycles. The third kappa shape index (κ3) is 2.94. The van der Waals surface area contributed by atoms with Gasteiger partial charge in [-0.2, -0.15) is 0 Å². The summed E-state index contributed by atoms with van der Waals surface area (Å²) in [5.74, 6) is -0.222. The minimum Gasteiger partial charge on any atom is -0.469 e. The molecular formula is C10H11BO2. The number of methoxy groups -OCH3 is 1. The predicted octanol–water partition coefficient (Wildman–Crippen LogP) is 1.07. The van der Waals surface area contributed by atoms with E-state index in [4.69, 9.17) is 7.85 Å². The van der Waals surface area contributed by atoms with Gasteiger partial charge in [-0.25, -0.2) is 0 Å². The van der Waals surface area contributed by atoms with Gasteiger partial charge >= 0.3 is 5.97 Å². The van der Waals surface area contributed by atoms with Crippen LogP contribution in [0.4, 0.5) is 0 Å². The van der Waals surface area contributed by atoms with Crippen LogP contribution in [0.25, 0.3) is 0 Å². The molecule has 2 nitrogen and oxygen atoms in total. The first-order valence-corrected chi connectivity index (χ1v) is 4.11. The van der Waals surface area contributed by atoms with E-state index in [2.05, 4.69) is 4.74 Å². The fourth-order valence-electron chi connectivity index (χ4n) is 1.03. The lowest BCUT2D eigenvalue weighted by molar-refractivity contribution is -0.139. The normalized spacial score (nSPS) is 9.62. The van der Waals surface area contributed by atoms with E-state index in [1.165, 1.54) is 7.11 Å². The first-order chi connectivity index (χ1) is 6.26. The third-order valence-corrected chi connectivity index (χ3v) is 1.83. The second kappa shape index (κ2) is 4.70. The molecule has 0 N–H and O–H groups in total. The van der Waals surface area contributed by atoms with Crippen molar-refractivity contribution in [2.45, 2.75) is 12.7 Å². The van der Waals surface area contributed by atoms with Crippen molar-refractivity contribution in [3.8, 4) is 0 Å². The maximum Gasteiger partial charge on any atom is 0.309 e. The van der Waals surface area contributed by atoms with Crippen LogP contribution in [0, 0.1) is 0 Å². The molecule has 0 aliphatic rings. The van der Waals surface area contributed by atoms with Crippen LogP contribution < -0.4 is 0 Å². The molecule has 0 heterocycles. The second-order valence-electron chi connectivity index (χ2n) is 2.77. The number of benzene rings is 1. The van der Waals surface area contributed by atoms with Gasteiger partial charge < -0.3 is 4.74 Å². The summed E-state index contributed by atoms with van der Waals surface area (Å²) in [6, 6.07) is 7.61. The van der Waals surface area contributed by atoms with E-state index in [1.54, 1.807) is 0 Å². The zero-order valence-electron chi connectivity index (χ0n) is 7.62. The van der Waals surface area contributed by atoms with Gasteiger partial charge in [0.1, 0.15) is 0 Å². The fraction of sp³-hybridized carbons (Fsp3) is 0.300. The molecule has 0 fully saturated rings. The van der Waals surface area contributed by atoms with Crippen LogP contribution in [-0.2, 0) is 22.3 Å². The molecular weight excluding hydrogens is 163 g/mol. The molecule has 1 aromatic carbocycles. The average molecular weight is 174 g/mol. The van der Waals surface area contributed by atoms with Crippen molar-refractivity contribution >= 4 is 13.8 Å². The standard InChI is InChI=1S/C10H11BO2/c1-13-10(12)6-8-2-4-9(7-11)5-3-8/h2-5H,6-7H2,1H3. The Morgan fingerprint density at radius 3 is 2.31 bits per heavy atom. The van der Waals surface area contributed by atoms with Gasteiger partial charge in [0.15, 0.2) is 0 Å². The molecule has 0 saturated carbocycles. The lowest BCUT2D eigenvalue weighted by atomic mass is 9.96. The van der Waals surface area contributed by atoms with Gasteiger partial charge in [-0.15, -0.1) is 0 Å². The van der Waals surface area contributed by atoms with E-state index in [1.807, 2.05) is 24.3 Å². The van der Waals surface area contributed by atoms with Crippen LogP contribution in [0.3, 0.4) is 0 Å². The molecule has 0 saturated heterocycles. The van der Waals surface area contributed by atoms with Crippen LogP contribution in [-0.4, -0.2) is 20.9 Å². The van der Waals surface area contributed by atoms with E-state index in [-0.39, 0.29) is 5.97 Å². The summed E-state index contributed by atoms with van der Waals surface area (Å²) in [6.45, 7) is 0. The molecule has 0 aromatic heterocycles. The van der Waals surface area contributed by atoms with Gasteiger partial charge in [0.2, 0.25) is 0 Å². The summed E-state index contributed by atoms with van der Waals surface area (Å²) in [5.41, 5.74) is 2.01. The molecule has 1 aromatic rings. The van der Waals surface area contributed by atoms with Gasteiger partial charge in [-0.05, 0) is 5.56 Å². The van der Waals surface area contributed by atoms with Crippen molar-refractivity contribution in [2.75, 3.05) is 7.11 Å². The number of carbonyl (C=O) groups excluding carboxylic acids is 1. The summed E-state index contributed by atoms with van der Waals surface area (Å²) in [4.78, 5) is 10.9. The lowest BCUT2D eigenvalue weighted by Crippen LogP contribution is -2.04. The van der Waals surface area contributed by atoms with Crippen molar-refractivity contribution < 1.29 is 9.53 Å². The van der Waals surface area contributed by atoms with Gasteiger partial charge in [0, 0.05) is 0 Å². The topological polar surface area (TPSA) is 26.3 Å². The van der Waals surface area contributed by atoms with Crippen molar-refractivity contribution in [1.29, 1.82) is 0 Å². The third-order valence-electron chi connectivity index (χ3n) is 1.83. The van der Waals surface area contributed by atoms with Gasteiger partial charge in [0.05, 0.1) is 21.4 Å². The van der Waals surface area contributed by atoms with Crippen LogP contribution in [0.15, 0.2) is 24.3 Å². The zero-order chi connectivity index (χ0) is 9.68. The molecule has 0 atom stereocenters. The predicted molar refractivity (Wildman–Crippen MR) is 51.6 cm³/mol. The highest BCUT2D eigenvalue weighted by molar-refractivity contribution is 6.08. The Hall–Kier alpha value is -1.25. The first-order valence-electron chi connectivity index (χ1n) is 4.11. The van der Waals surface area contributed by atoms with Crippen LogP contribution in [0.5, 0.6) is 0 Å². The summed E-state index contributed by atoms with van der Waals surface area (Å²) in [6.07, 6.45) is 0.847. The van der Waals surface area contributed by atoms with Crippen molar-refractivity contribution in [2.24, 2.45) is 0 Å². The molecule has 3 heteroatoms. The van der Waals surface area contributed by atoms with Crippen molar-refractivity contribution in [1.82, 2.24) is 0 Å². The summed E-state index contributed by atoms with van der Waals surface area (Å²) >= 11 is 0. The molecule has 0 bridgehead atoms. The Kier molecular flexibility index (Phi) is 3.56. The number of esters is 1. The highest BCUT2D eigenvalue weighted by atomic mass is 16.5. The Labute approximate surface area is 79.3 Å². The quantitative estimate of drug-likeness (QED) is 0.506. The largest absolute Gasteiger partial charge is 0.469 e. The molecule has 0 unspecified atom stereocenters. The lowest BCUT2D eigenvalue weighted by Gasteiger charge is -2.01. The van der Waals surface area contributed by atoms with Crippen molar-refractivity contribution in [3.05, 3.63) is 35.4 Å². The van der Waals surface area contributed by atoms with Gasteiger partial charge in [0.25, 0.3) is 0 Å². The molecule has 0 amide bonds. The highest BCUT2D eigenvalue weighted by Crippen LogP contribution is 2.05. The maximum absolute atomic E-state index is 10.9. The number of ether oxygens (including phenoxy) is 1. The number of hydrogen-bond acceptors (Lipinski definition) is 2. The van der Waals surface area contributed by atoms with Crippen LogP contribution >= 0.6 is 0 Å². The van der Waals surface area contributed by atoms with Crippen LogP contribution in [0.2, 0.25) is 0 Å². The molecule has 1 rings (SSSR count). The SMILES string of the molecule is [B]Cc1ccc(CC(=O)OC)cc1. The maximum atomic E-state index is 10.9. The van der Waals surface area contributed by atoms with E-state index >= 15 is 0 Å². The summed E-state index contributed by atoms with van der Waals surface area (Å²) < 4.78 is 4.55. The van der Waals surface area contributed by atoms with Gasteiger partial charge in [-0.3, -0.25) is 4.79 Å². The number of carbonyl (C=O) groups is 1. The molecule has 0 spiro atoms. The average Bonchev–Trinajstić information content (AvgIpc) is 2.19. The van der Waals surface area contributed by atoms with E-state index in [0.29, 0.717) is 12.7 Å². The number of rotatable bonds is 3. The van der Waals surface area contributed by atoms with Crippen molar-refractivity contribution in [3.63, 3.8) is 0 Å². The summed E-state index contributed by atoms with van der Waals surface area (Å²) in [7, 11) is 6.82. The Morgan fingerprint density at radius 2 is 1.85 bits per heavy atom. The molecule has 2 radical (unpaired) electrons. The Bertz CT molecular complexity index is 279. The first kappa shape index (κ1) is 9.84. The molecule has 13 heavy (non-hydrogen) atoms. The van der Waals surface area contributed by atoms with Crippen LogP contribution in [0.1, 0.15) is 11.1 Å². The molecule has 0 aliphatic heterocycles. The van der Waals surface area contributed by atoms with E-state index in [9.17, 15) is 4.79 Å². The minimum atomic E-state index is -0.222. The second-order valence-corrected chi connectivity index (χ2v) is 2.77. The fourth-order valence-corrected chi connectivity index (χ4v) is 1.03. The summed E-state index contributed by atoms with van der Waals surface area (Å²) in [5, 5.41) is 0. The highest BCUT2D eigenvalue weighted by Gasteiger charge is 2.01. The van der Waals surface area contributed by atoms with E-state index in [0.717, 1.165) is 11.1 Å². The van der Waals surface area contributed by atoms with Gasteiger partial charge in [-0.1, -0.05) is 36.1 Å². The zero-order valence-corrected chi connectivity index (χ0v) is 7.62. The Morgan fingerprint density at radius 1 is 1.31 bits per heavy atom. The smallest absolute Gasteiger partial charge is 0.309 e. The molecule has 66 valence electrons. The van der Waals surface area contributed by atoms with E-state index < -0.39 is 0 Å². The minimum absolute atomic E-state index is 0.222. The number of hydrogen-bond donors (Lipinski definition) is 0.